The first-order valence-corrected chi connectivity index (χ1v) is 8.42. The first-order valence-electron chi connectivity index (χ1n) is 7.25. The number of anilines is 1. The summed E-state index contributed by atoms with van der Waals surface area (Å²) in [6.07, 6.45) is 0.613. The van der Waals surface area contributed by atoms with Crippen LogP contribution in [0.15, 0.2) is 57.5 Å². The Morgan fingerprint density at radius 1 is 1.21 bits per heavy atom. The van der Waals surface area contributed by atoms with Gasteiger partial charge in [-0.3, -0.25) is 4.79 Å². The van der Waals surface area contributed by atoms with E-state index in [0.717, 1.165) is 15.7 Å². The molecular formula is C17H13BrClN3O2. The van der Waals surface area contributed by atoms with E-state index in [2.05, 4.69) is 31.4 Å². The van der Waals surface area contributed by atoms with E-state index in [-0.39, 0.29) is 12.3 Å². The Labute approximate surface area is 152 Å². The molecule has 0 spiro atoms. The highest BCUT2D eigenvalue weighted by Gasteiger charge is 2.11. The number of hydrogen-bond donors (Lipinski definition) is 1. The third kappa shape index (κ3) is 4.21. The number of nitrogens with zero attached hydrogens (tertiary/aromatic N) is 2. The number of benzene rings is 2. The molecule has 2 aromatic carbocycles. The Balaban J connectivity index is 1.59. The van der Waals surface area contributed by atoms with Crippen LogP contribution in [0, 0.1) is 0 Å². The van der Waals surface area contributed by atoms with Crippen LogP contribution in [0.4, 0.5) is 5.69 Å². The maximum Gasteiger partial charge on any atom is 0.227 e. The van der Waals surface area contributed by atoms with Gasteiger partial charge in [0.2, 0.25) is 17.6 Å². The summed E-state index contributed by atoms with van der Waals surface area (Å²) in [7, 11) is 0. The predicted octanol–water partition coefficient (Wildman–Crippen LogP) is 4.72. The van der Waals surface area contributed by atoms with Crippen LogP contribution in [0.1, 0.15) is 12.3 Å². The summed E-state index contributed by atoms with van der Waals surface area (Å²) in [5.74, 6) is 0.746. The second-order valence-corrected chi connectivity index (χ2v) is 6.34. The standard InChI is InChI=1S/C17H13BrClN3O2/c18-13-6-1-2-7-14(13)20-15(23)8-9-16-21-17(22-24-16)11-4-3-5-12(19)10-11/h1-7,10H,8-9H2,(H,20,23). The molecule has 5 nitrogen and oxygen atoms in total. The quantitative estimate of drug-likeness (QED) is 0.665. The summed E-state index contributed by atoms with van der Waals surface area (Å²) in [6.45, 7) is 0. The van der Waals surface area contributed by atoms with Gasteiger partial charge in [0.05, 0.1) is 5.69 Å². The third-order valence-electron chi connectivity index (χ3n) is 3.26. The minimum absolute atomic E-state index is 0.121. The van der Waals surface area contributed by atoms with Crippen molar-refractivity contribution in [2.75, 3.05) is 5.32 Å². The first kappa shape index (κ1) is 16.7. The number of amides is 1. The molecule has 1 heterocycles. The first-order chi connectivity index (χ1) is 11.6. The Morgan fingerprint density at radius 3 is 2.83 bits per heavy atom. The molecule has 1 amide bonds. The highest BCUT2D eigenvalue weighted by Crippen LogP contribution is 2.22. The van der Waals surface area contributed by atoms with Gasteiger partial charge in [0.15, 0.2) is 0 Å². The Bertz CT molecular complexity index is 866. The molecule has 122 valence electrons. The number of carbonyl (C=O) groups excluding carboxylic acids is 1. The lowest BCUT2D eigenvalue weighted by atomic mass is 10.2. The fourth-order valence-corrected chi connectivity index (χ4v) is 2.67. The van der Waals surface area contributed by atoms with Gasteiger partial charge in [-0.1, -0.05) is 41.0 Å². The Hall–Kier alpha value is -2.18. The number of para-hydroxylation sites is 1. The summed E-state index contributed by atoms with van der Waals surface area (Å²) in [5.41, 5.74) is 1.50. The van der Waals surface area contributed by atoms with Crippen molar-refractivity contribution in [2.24, 2.45) is 0 Å². The molecule has 0 aliphatic carbocycles. The van der Waals surface area contributed by atoms with E-state index in [1.807, 2.05) is 36.4 Å². The SMILES string of the molecule is O=C(CCc1nc(-c2cccc(Cl)c2)no1)Nc1ccccc1Br. The predicted molar refractivity (Wildman–Crippen MR) is 95.8 cm³/mol. The van der Waals surface area contributed by atoms with Crippen molar-refractivity contribution in [3.05, 3.63) is 63.9 Å². The number of aryl methyl sites for hydroxylation is 1. The highest BCUT2D eigenvalue weighted by atomic mass is 79.9. The summed E-state index contributed by atoms with van der Waals surface area (Å²) in [5, 5.41) is 7.36. The largest absolute Gasteiger partial charge is 0.339 e. The summed E-state index contributed by atoms with van der Waals surface area (Å²) >= 11 is 9.34. The van der Waals surface area contributed by atoms with Crippen LogP contribution < -0.4 is 5.32 Å². The number of rotatable bonds is 5. The Kier molecular flexibility index (Phi) is 5.27. The summed E-state index contributed by atoms with van der Waals surface area (Å²) in [4.78, 5) is 16.3. The second kappa shape index (κ2) is 7.59. The number of nitrogens with one attached hydrogen (secondary N) is 1. The molecule has 3 rings (SSSR count). The lowest BCUT2D eigenvalue weighted by molar-refractivity contribution is -0.116. The van der Waals surface area contributed by atoms with Crippen molar-refractivity contribution in [3.8, 4) is 11.4 Å². The lowest BCUT2D eigenvalue weighted by Gasteiger charge is -2.05. The molecule has 0 saturated carbocycles. The van der Waals surface area contributed by atoms with Crippen molar-refractivity contribution in [3.63, 3.8) is 0 Å². The maximum atomic E-state index is 12.0. The topological polar surface area (TPSA) is 68.0 Å². The van der Waals surface area contributed by atoms with Gasteiger partial charge in [-0.05, 0) is 40.2 Å². The zero-order valence-corrected chi connectivity index (χ0v) is 14.8. The number of carbonyl (C=O) groups is 1. The van der Waals surface area contributed by atoms with Gasteiger partial charge in [0, 0.05) is 27.9 Å². The van der Waals surface area contributed by atoms with Crippen molar-refractivity contribution in [2.45, 2.75) is 12.8 Å². The molecule has 0 saturated heterocycles. The number of hydrogen-bond acceptors (Lipinski definition) is 4. The van der Waals surface area contributed by atoms with Crippen LogP contribution in [0.25, 0.3) is 11.4 Å². The Morgan fingerprint density at radius 2 is 2.04 bits per heavy atom. The molecule has 24 heavy (non-hydrogen) atoms. The van der Waals surface area contributed by atoms with E-state index in [1.54, 1.807) is 12.1 Å². The van der Waals surface area contributed by atoms with Crippen LogP contribution in [0.2, 0.25) is 5.02 Å². The van der Waals surface area contributed by atoms with Gasteiger partial charge < -0.3 is 9.84 Å². The summed E-state index contributed by atoms with van der Waals surface area (Å²) < 4.78 is 6.02. The van der Waals surface area contributed by atoms with Gasteiger partial charge >= 0.3 is 0 Å². The van der Waals surface area contributed by atoms with Crippen LogP contribution in [-0.2, 0) is 11.2 Å². The van der Waals surface area contributed by atoms with Crippen molar-refractivity contribution >= 4 is 39.1 Å². The minimum atomic E-state index is -0.121. The zero-order chi connectivity index (χ0) is 16.9. The molecule has 0 aliphatic rings. The molecule has 0 bridgehead atoms. The molecule has 3 aromatic rings. The van der Waals surface area contributed by atoms with Gasteiger partial charge in [-0.25, -0.2) is 0 Å². The molecule has 0 unspecified atom stereocenters. The molecule has 0 atom stereocenters. The molecule has 0 aliphatic heterocycles. The minimum Gasteiger partial charge on any atom is -0.339 e. The molecule has 0 fully saturated rings. The summed E-state index contributed by atoms with van der Waals surface area (Å²) in [6, 6.07) is 14.6. The molecular weight excluding hydrogens is 394 g/mol. The van der Waals surface area contributed by atoms with Gasteiger partial charge in [-0.2, -0.15) is 4.98 Å². The fraction of sp³-hybridized carbons (Fsp3) is 0.118. The van der Waals surface area contributed by atoms with Crippen LogP contribution in [0.3, 0.4) is 0 Å². The van der Waals surface area contributed by atoms with Crippen molar-refractivity contribution in [1.82, 2.24) is 10.1 Å². The van der Waals surface area contributed by atoms with E-state index in [1.165, 1.54) is 0 Å². The monoisotopic (exact) mass is 405 g/mol. The van der Waals surface area contributed by atoms with E-state index in [9.17, 15) is 4.79 Å². The number of aromatic nitrogens is 2. The van der Waals surface area contributed by atoms with E-state index < -0.39 is 0 Å². The van der Waals surface area contributed by atoms with Gasteiger partial charge in [0.1, 0.15) is 0 Å². The smallest absolute Gasteiger partial charge is 0.227 e. The average Bonchev–Trinajstić information content (AvgIpc) is 3.04. The van der Waals surface area contributed by atoms with E-state index >= 15 is 0 Å². The highest BCUT2D eigenvalue weighted by molar-refractivity contribution is 9.10. The van der Waals surface area contributed by atoms with Crippen molar-refractivity contribution < 1.29 is 9.32 Å². The molecule has 1 N–H and O–H groups in total. The van der Waals surface area contributed by atoms with E-state index in [4.69, 9.17) is 16.1 Å². The number of halogens is 2. The normalized spacial score (nSPS) is 10.6. The third-order valence-corrected chi connectivity index (χ3v) is 4.19. The van der Waals surface area contributed by atoms with Gasteiger partial charge in [-0.15, -0.1) is 0 Å². The van der Waals surface area contributed by atoms with E-state index in [0.29, 0.717) is 23.2 Å². The lowest BCUT2D eigenvalue weighted by Crippen LogP contribution is -2.12. The second-order valence-electron chi connectivity index (χ2n) is 5.05. The average molecular weight is 407 g/mol. The van der Waals surface area contributed by atoms with Crippen LogP contribution in [0.5, 0.6) is 0 Å². The molecule has 1 aromatic heterocycles. The fourth-order valence-electron chi connectivity index (χ4n) is 2.10. The molecule has 7 heteroatoms. The zero-order valence-electron chi connectivity index (χ0n) is 12.5. The van der Waals surface area contributed by atoms with Crippen LogP contribution >= 0.6 is 27.5 Å². The van der Waals surface area contributed by atoms with Gasteiger partial charge in [0.25, 0.3) is 0 Å². The van der Waals surface area contributed by atoms with Crippen molar-refractivity contribution in [1.29, 1.82) is 0 Å². The maximum absolute atomic E-state index is 12.0. The molecule has 0 radical (unpaired) electrons. The van der Waals surface area contributed by atoms with Crippen LogP contribution in [-0.4, -0.2) is 16.0 Å².